The summed E-state index contributed by atoms with van der Waals surface area (Å²) < 4.78 is 5.30. The minimum atomic E-state index is 0.192. The van der Waals surface area contributed by atoms with E-state index in [1.807, 2.05) is 6.07 Å². The molecule has 1 aromatic carbocycles. The number of fused-ring (bicyclic) bond motifs is 1. The van der Waals surface area contributed by atoms with Crippen LogP contribution in [0.5, 0.6) is 5.75 Å². The van der Waals surface area contributed by atoms with E-state index in [9.17, 15) is 5.11 Å². The smallest absolute Gasteiger partial charge is 0.119 e. The molecule has 3 heteroatoms. The Morgan fingerprint density at radius 2 is 2.16 bits per heavy atom. The van der Waals surface area contributed by atoms with E-state index in [1.54, 1.807) is 7.11 Å². The van der Waals surface area contributed by atoms with E-state index in [-0.39, 0.29) is 12.6 Å². The number of nitrogens with one attached hydrogen (secondary N) is 1. The molecule has 2 rings (SSSR count). The van der Waals surface area contributed by atoms with E-state index in [0.29, 0.717) is 12.0 Å². The molecule has 0 fully saturated rings. The number of rotatable bonds is 5. The lowest BCUT2D eigenvalue weighted by molar-refractivity contribution is 0.195. The average Bonchev–Trinajstić information content (AvgIpc) is 2.43. The largest absolute Gasteiger partial charge is 0.497 e. The SMILES string of the molecule is COc1ccc2c(c1)CC(N[C@H](CO)C(C)C)CC2. The van der Waals surface area contributed by atoms with Crippen LogP contribution in [0.15, 0.2) is 18.2 Å². The van der Waals surface area contributed by atoms with Gasteiger partial charge in [-0.15, -0.1) is 0 Å². The Hall–Kier alpha value is -1.06. The number of methoxy groups -OCH3 is 1. The van der Waals surface area contributed by atoms with E-state index >= 15 is 0 Å². The van der Waals surface area contributed by atoms with E-state index in [1.165, 1.54) is 11.1 Å². The summed E-state index contributed by atoms with van der Waals surface area (Å²) in [5.41, 5.74) is 2.81. The van der Waals surface area contributed by atoms with Gasteiger partial charge in [-0.1, -0.05) is 19.9 Å². The topological polar surface area (TPSA) is 41.5 Å². The molecular weight excluding hydrogens is 238 g/mol. The van der Waals surface area contributed by atoms with Crippen LogP contribution in [0.4, 0.5) is 0 Å². The second kappa shape index (κ2) is 6.40. The Morgan fingerprint density at radius 3 is 2.79 bits per heavy atom. The van der Waals surface area contributed by atoms with Crippen LogP contribution in [-0.2, 0) is 12.8 Å². The number of aryl methyl sites for hydroxylation is 1. The van der Waals surface area contributed by atoms with Crippen LogP contribution in [0, 0.1) is 5.92 Å². The van der Waals surface area contributed by atoms with E-state index in [0.717, 1.165) is 25.0 Å². The Kier molecular flexibility index (Phi) is 4.83. The summed E-state index contributed by atoms with van der Waals surface area (Å²) in [6, 6.07) is 7.01. The molecule has 0 spiro atoms. The predicted octanol–water partition coefficient (Wildman–Crippen LogP) is 2.16. The van der Waals surface area contributed by atoms with Crippen LogP contribution in [0.1, 0.15) is 31.4 Å². The number of benzene rings is 1. The van der Waals surface area contributed by atoms with Gasteiger partial charge in [0.15, 0.2) is 0 Å². The molecule has 1 unspecified atom stereocenters. The van der Waals surface area contributed by atoms with Crippen LogP contribution in [0.3, 0.4) is 0 Å². The van der Waals surface area contributed by atoms with Crippen LogP contribution in [0.25, 0.3) is 0 Å². The highest BCUT2D eigenvalue weighted by Gasteiger charge is 2.22. The van der Waals surface area contributed by atoms with Gasteiger partial charge in [0.25, 0.3) is 0 Å². The molecule has 1 aliphatic carbocycles. The summed E-state index contributed by atoms with van der Waals surface area (Å²) >= 11 is 0. The van der Waals surface area contributed by atoms with Gasteiger partial charge in [-0.2, -0.15) is 0 Å². The summed E-state index contributed by atoms with van der Waals surface area (Å²) in [4.78, 5) is 0. The fourth-order valence-corrected chi connectivity index (χ4v) is 2.76. The standard InChI is InChI=1S/C16H25NO2/c1-11(2)16(10-18)17-14-6-4-12-5-7-15(19-3)9-13(12)8-14/h5,7,9,11,14,16-18H,4,6,8,10H2,1-3H3/t14?,16-/m1/s1. The van der Waals surface area contributed by atoms with Gasteiger partial charge in [0.2, 0.25) is 0 Å². The van der Waals surface area contributed by atoms with Gasteiger partial charge in [-0.25, -0.2) is 0 Å². The molecule has 2 N–H and O–H groups in total. The molecule has 0 saturated carbocycles. The quantitative estimate of drug-likeness (QED) is 0.855. The average molecular weight is 263 g/mol. The molecule has 19 heavy (non-hydrogen) atoms. The van der Waals surface area contributed by atoms with Crippen molar-refractivity contribution < 1.29 is 9.84 Å². The fourth-order valence-electron chi connectivity index (χ4n) is 2.76. The zero-order valence-electron chi connectivity index (χ0n) is 12.1. The normalized spacial score (nSPS) is 20.2. The Bertz CT molecular complexity index is 417. The number of ether oxygens (including phenoxy) is 1. The van der Waals surface area contributed by atoms with Crippen molar-refractivity contribution in [1.82, 2.24) is 5.32 Å². The van der Waals surface area contributed by atoms with Gasteiger partial charge in [0.1, 0.15) is 5.75 Å². The zero-order chi connectivity index (χ0) is 13.8. The molecule has 0 saturated heterocycles. The Morgan fingerprint density at radius 1 is 1.37 bits per heavy atom. The third-order valence-electron chi connectivity index (χ3n) is 4.09. The van der Waals surface area contributed by atoms with Crippen molar-refractivity contribution in [2.24, 2.45) is 5.92 Å². The second-order valence-corrected chi connectivity index (χ2v) is 5.77. The molecule has 0 bridgehead atoms. The second-order valence-electron chi connectivity index (χ2n) is 5.77. The highest BCUT2D eigenvalue weighted by atomic mass is 16.5. The highest BCUT2D eigenvalue weighted by Crippen LogP contribution is 2.26. The van der Waals surface area contributed by atoms with Gasteiger partial charge in [0, 0.05) is 12.1 Å². The van der Waals surface area contributed by atoms with Crippen molar-refractivity contribution >= 4 is 0 Å². The first-order valence-corrected chi connectivity index (χ1v) is 7.16. The third kappa shape index (κ3) is 3.48. The van der Waals surface area contributed by atoms with Crippen LogP contribution in [-0.4, -0.2) is 30.9 Å². The number of hydrogen-bond donors (Lipinski definition) is 2. The van der Waals surface area contributed by atoms with Crippen LogP contribution < -0.4 is 10.1 Å². The molecule has 0 aliphatic heterocycles. The number of hydrogen-bond acceptors (Lipinski definition) is 3. The lowest BCUT2D eigenvalue weighted by atomic mass is 9.87. The van der Waals surface area contributed by atoms with Crippen molar-refractivity contribution in [3.05, 3.63) is 29.3 Å². The molecule has 3 nitrogen and oxygen atoms in total. The fraction of sp³-hybridized carbons (Fsp3) is 0.625. The molecular formula is C16H25NO2. The monoisotopic (exact) mass is 263 g/mol. The molecule has 106 valence electrons. The molecule has 0 heterocycles. The van der Waals surface area contributed by atoms with Crippen LogP contribution in [0.2, 0.25) is 0 Å². The summed E-state index contributed by atoms with van der Waals surface area (Å²) in [7, 11) is 1.71. The van der Waals surface area contributed by atoms with Crippen molar-refractivity contribution in [2.75, 3.05) is 13.7 Å². The van der Waals surface area contributed by atoms with Crippen molar-refractivity contribution in [3.63, 3.8) is 0 Å². The summed E-state index contributed by atoms with van der Waals surface area (Å²) in [6.07, 6.45) is 3.27. The maximum Gasteiger partial charge on any atom is 0.119 e. The Balaban J connectivity index is 2.04. The lowest BCUT2D eigenvalue weighted by Crippen LogP contribution is -2.46. The minimum absolute atomic E-state index is 0.192. The summed E-state index contributed by atoms with van der Waals surface area (Å²) in [5, 5.41) is 13.0. The zero-order valence-corrected chi connectivity index (χ0v) is 12.1. The number of aliphatic hydroxyl groups is 1. The van der Waals surface area contributed by atoms with Crippen molar-refractivity contribution in [3.8, 4) is 5.75 Å². The van der Waals surface area contributed by atoms with E-state index in [2.05, 4.69) is 31.3 Å². The first-order valence-electron chi connectivity index (χ1n) is 7.16. The van der Waals surface area contributed by atoms with Crippen molar-refractivity contribution in [1.29, 1.82) is 0 Å². The van der Waals surface area contributed by atoms with Gasteiger partial charge in [-0.05, 0) is 48.4 Å². The Labute approximate surface area is 116 Å². The molecule has 1 aromatic rings. The van der Waals surface area contributed by atoms with Crippen molar-refractivity contribution in [2.45, 2.75) is 45.2 Å². The first-order chi connectivity index (χ1) is 9.13. The molecule has 0 aromatic heterocycles. The van der Waals surface area contributed by atoms with Gasteiger partial charge < -0.3 is 15.2 Å². The summed E-state index contributed by atoms with van der Waals surface area (Å²) in [6.45, 7) is 4.50. The predicted molar refractivity (Wildman–Crippen MR) is 77.7 cm³/mol. The maximum absolute atomic E-state index is 9.42. The maximum atomic E-state index is 9.42. The van der Waals surface area contributed by atoms with E-state index < -0.39 is 0 Å². The van der Waals surface area contributed by atoms with Crippen LogP contribution >= 0.6 is 0 Å². The number of aliphatic hydroxyl groups excluding tert-OH is 1. The first kappa shape index (κ1) is 14.4. The lowest BCUT2D eigenvalue weighted by Gasteiger charge is -2.31. The minimum Gasteiger partial charge on any atom is -0.497 e. The molecule has 0 amide bonds. The highest BCUT2D eigenvalue weighted by molar-refractivity contribution is 5.37. The van der Waals surface area contributed by atoms with Gasteiger partial charge >= 0.3 is 0 Å². The van der Waals surface area contributed by atoms with Gasteiger partial charge in [-0.3, -0.25) is 0 Å². The van der Waals surface area contributed by atoms with Gasteiger partial charge in [0.05, 0.1) is 13.7 Å². The van der Waals surface area contributed by atoms with E-state index in [4.69, 9.17) is 4.74 Å². The molecule has 0 radical (unpaired) electrons. The third-order valence-corrected chi connectivity index (χ3v) is 4.09. The molecule has 1 aliphatic rings. The summed E-state index contributed by atoms with van der Waals surface area (Å²) in [5.74, 6) is 1.39. The molecule has 2 atom stereocenters.